The van der Waals surface area contributed by atoms with E-state index < -0.39 is 0 Å². The van der Waals surface area contributed by atoms with Gasteiger partial charge >= 0.3 is 0 Å². The molecule has 32 heavy (non-hydrogen) atoms. The molecule has 3 atom stereocenters. The van der Waals surface area contributed by atoms with Crippen LogP contribution < -0.4 is 15.1 Å². The molecular formula is C25H32N4O3. The molecule has 1 aromatic carbocycles. The van der Waals surface area contributed by atoms with Crippen molar-refractivity contribution in [1.82, 2.24) is 4.98 Å². The number of anilines is 4. The Balaban J connectivity index is 1.50. The average molecular weight is 437 g/mol. The normalized spacial score (nSPS) is 25.4. The fourth-order valence-corrected chi connectivity index (χ4v) is 5.29. The second kappa shape index (κ2) is 9.08. The Kier molecular flexibility index (Phi) is 6.02. The molecule has 7 heteroatoms. The van der Waals surface area contributed by atoms with E-state index in [1.165, 1.54) is 0 Å². The minimum atomic E-state index is 0.00881. The quantitative estimate of drug-likeness (QED) is 0.786. The van der Waals surface area contributed by atoms with Crippen molar-refractivity contribution in [3.63, 3.8) is 0 Å². The van der Waals surface area contributed by atoms with E-state index in [0.29, 0.717) is 12.5 Å². The van der Waals surface area contributed by atoms with Crippen LogP contribution in [-0.2, 0) is 20.8 Å². The van der Waals surface area contributed by atoms with Gasteiger partial charge in [-0.25, -0.2) is 4.98 Å². The summed E-state index contributed by atoms with van der Waals surface area (Å²) in [7, 11) is 1.77. The van der Waals surface area contributed by atoms with Gasteiger partial charge in [-0.15, -0.1) is 0 Å². The van der Waals surface area contributed by atoms with Gasteiger partial charge in [0.2, 0.25) is 5.91 Å². The van der Waals surface area contributed by atoms with Gasteiger partial charge in [0.05, 0.1) is 37.2 Å². The number of aromatic nitrogens is 1. The molecule has 1 saturated heterocycles. The Bertz CT molecular complexity index is 975. The fourth-order valence-electron chi connectivity index (χ4n) is 5.29. The fraction of sp³-hybridized carbons (Fsp3) is 0.520. The summed E-state index contributed by atoms with van der Waals surface area (Å²) in [5, 5.41) is 3.48. The van der Waals surface area contributed by atoms with Gasteiger partial charge in [-0.2, -0.15) is 0 Å². The SMILES string of the molecule is CO[C@@H]1CC[C@H](C(=O)N2Cc3cccnc3Nc3ccc(N4CCOCC4)cc32)C[C@@H]1C. The number of nitrogens with one attached hydrogen (secondary N) is 1. The van der Waals surface area contributed by atoms with Crippen LogP contribution in [0.3, 0.4) is 0 Å². The van der Waals surface area contributed by atoms with Crippen molar-refractivity contribution in [2.75, 3.05) is 48.5 Å². The first-order valence-electron chi connectivity index (χ1n) is 11.7. The number of nitrogens with zero attached hydrogens (tertiary/aromatic N) is 3. The number of fused-ring (bicyclic) bond motifs is 2. The molecule has 170 valence electrons. The van der Waals surface area contributed by atoms with Crippen molar-refractivity contribution in [3.8, 4) is 0 Å². The average Bonchev–Trinajstić information content (AvgIpc) is 3.00. The van der Waals surface area contributed by atoms with Crippen LogP contribution in [0, 0.1) is 11.8 Å². The van der Waals surface area contributed by atoms with E-state index in [2.05, 4.69) is 46.4 Å². The van der Waals surface area contributed by atoms with E-state index in [1.54, 1.807) is 13.3 Å². The molecule has 3 aliphatic rings. The van der Waals surface area contributed by atoms with Crippen molar-refractivity contribution >= 4 is 28.8 Å². The van der Waals surface area contributed by atoms with Crippen LogP contribution >= 0.6 is 0 Å². The molecule has 1 saturated carbocycles. The maximum atomic E-state index is 13.9. The van der Waals surface area contributed by atoms with E-state index in [-0.39, 0.29) is 17.9 Å². The summed E-state index contributed by atoms with van der Waals surface area (Å²) >= 11 is 0. The van der Waals surface area contributed by atoms with Gasteiger partial charge in [0, 0.05) is 43.6 Å². The summed E-state index contributed by atoms with van der Waals surface area (Å²) in [6, 6.07) is 10.3. The zero-order chi connectivity index (χ0) is 22.1. The number of amides is 1. The van der Waals surface area contributed by atoms with Crippen molar-refractivity contribution < 1.29 is 14.3 Å². The molecule has 0 unspecified atom stereocenters. The molecule has 1 amide bonds. The second-order valence-corrected chi connectivity index (χ2v) is 9.12. The number of methoxy groups -OCH3 is 1. The third kappa shape index (κ3) is 4.07. The van der Waals surface area contributed by atoms with Crippen molar-refractivity contribution in [2.45, 2.75) is 38.8 Å². The lowest BCUT2D eigenvalue weighted by molar-refractivity contribution is -0.125. The van der Waals surface area contributed by atoms with Gasteiger partial charge in [-0.3, -0.25) is 4.79 Å². The summed E-state index contributed by atoms with van der Waals surface area (Å²) in [4.78, 5) is 22.8. The lowest BCUT2D eigenvalue weighted by Gasteiger charge is -2.36. The minimum absolute atomic E-state index is 0.00881. The zero-order valence-corrected chi connectivity index (χ0v) is 18.9. The summed E-state index contributed by atoms with van der Waals surface area (Å²) < 4.78 is 11.1. The van der Waals surface area contributed by atoms with E-state index in [1.807, 2.05) is 11.0 Å². The molecule has 1 aromatic heterocycles. The summed E-state index contributed by atoms with van der Waals surface area (Å²) in [6.45, 7) is 5.90. The Hall–Kier alpha value is -2.64. The van der Waals surface area contributed by atoms with Crippen LogP contribution in [0.4, 0.5) is 22.9 Å². The number of hydrogen-bond acceptors (Lipinski definition) is 6. The van der Waals surface area contributed by atoms with Gasteiger partial charge in [0.25, 0.3) is 0 Å². The molecule has 2 aromatic rings. The minimum Gasteiger partial charge on any atom is -0.381 e. The van der Waals surface area contributed by atoms with Crippen LogP contribution in [-0.4, -0.2) is 50.4 Å². The predicted octanol–water partition coefficient (Wildman–Crippen LogP) is 3.96. The Morgan fingerprint density at radius 2 is 2.06 bits per heavy atom. The molecule has 1 N–H and O–H groups in total. The van der Waals surface area contributed by atoms with Crippen molar-refractivity contribution in [2.24, 2.45) is 11.8 Å². The van der Waals surface area contributed by atoms with E-state index in [0.717, 1.165) is 74.0 Å². The monoisotopic (exact) mass is 436 g/mol. The number of carbonyl (C=O) groups is 1. The third-order valence-corrected chi connectivity index (χ3v) is 7.13. The van der Waals surface area contributed by atoms with Gasteiger partial charge in [0.15, 0.2) is 0 Å². The number of rotatable bonds is 3. The van der Waals surface area contributed by atoms with Crippen LogP contribution in [0.25, 0.3) is 0 Å². The summed E-state index contributed by atoms with van der Waals surface area (Å²) in [5.41, 5.74) is 4.01. The maximum Gasteiger partial charge on any atom is 0.230 e. The Morgan fingerprint density at radius 3 is 2.84 bits per heavy atom. The zero-order valence-electron chi connectivity index (χ0n) is 18.9. The number of ether oxygens (including phenoxy) is 2. The molecule has 3 heterocycles. The van der Waals surface area contributed by atoms with Crippen molar-refractivity contribution in [3.05, 3.63) is 42.1 Å². The number of carbonyl (C=O) groups excluding carboxylic acids is 1. The van der Waals surface area contributed by atoms with Crippen LogP contribution in [0.2, 0.25) is 0 Å². The molecule has 0 radical (unpaired) electrons. The summed E-state index contributed by atoms with van der Waals surface area (Å²) in [6.07, 6.45) is 4.69. The lowest BCUT2D eigenvalue weighted by Crippen LogP contribution is -2.40. The third-order valence-electron chi connectivity index (χ3n) is 7.13. The maximum absolute atomic E-state index is 13.9. The largest absolute Gasteiger partial charge is 0.381 e. The first-order chi connectivity index (χ1) is 15.6. The second-order valence-electron chi connectivity index (χ2n) is 9.12. The van der Waals surface area contributed by atoms with E-state index in [4.69, 9.17) is 9.47 Å². The molecule has 0 bridgehead atoms. The van der Waals surface area contributed by atoms with E-state index >= 15 is 0 Å². The highest BCUT2D eigenvalue weighted by Crippen LogP contribution is 2.40. The van der Waals surface area contributed by atoms with Crippen LogP contribution in [0.15, 0.2) is 36.5 Å². The van der Waals surface area contributed by atoms with Crippen LogP contribution in [0.5, 0.6) is 0 Å². The van der Waals surface area contributed by atoms with Crippen LogP contribution in [0.1, 0.15) is 31.7 Å². The molecule has 2 fully saturated rings. The number of morpholine rings is 1. The summed E-state index contributed by atoms with van der Waals surface area (Å²) in [5.74, 6) is 1.40. The standard InChI is InChI=1S/C25H32N4O3/c1-17-14-18(5-8-23(17)31-2)25(30)29-16-19-4-3-9-26-24(19)27-21-7-6-20(15-22(21)29)28-10-12-32-13-11-28/h3-4,6-7,9,15,17-18,23H,5,8,10-14,16H2,1-2H3,(H,26,27)/t17-,18-,23+/m0/s1. The number of benzene rings is 1. The topological polar surface area (TPSA) is 66.9 Å². The first kappa shape index (κ1) is 21.2. The number of pyridine rings is 1. The molecule has 0 spiro atoms. The highest BCUT2D eigenvalue weighted by atomic mass is 16.5. The lowest BCUT2D eigenvalue weighted by atomic mass is 9.79. The Labute approximate surface area is 189 Å². The molecule has 2 aliphatic heterocycles. The smallest absolute Gasteiger partial charge is 0.230 e. The van der Waals surface area contributed by atoms with Gasteiger partial charge in [0.1, 0.15) is 5.82 Å². The van der Waals surface area contributed by atoms with E-state index in [9.17, 15) is 4.79 Å². The Morgan fingerprint density at radius 1 is 1.22 bits per heavy atom. The van der Waals surface area contributed by atoms with Gasteiger partial charge < -0.3 is 24.6 Å². The molecular weight excluding hydrogens is 404 g/mol. The van der Waals surface area contributed by atoms with Crippen molar-refractivity contribution in [1.29, 1.82) is 0 Å². The number of hydrogen-bond donors (Lipinski definition) is 1. The molecule has 7 nitrogen and oxygen atoms in total. The predicted molar refractivity (Wildman–Crippen MR) is 125 cm³/mol. The highest BCUT2D eigenvalue weighted by molar-refractivity contribution is 6.00. The molecule has 1 aliphatic carbocycles. The highest BCUT2D eigenvalue weighted by Gasteiger charge is 2.36. The molecule has 5 rings (SSSR count). The van der Waals surface area contributed by atoms with Gasteiger partial charge in [-0.05, 0) is 49.4 Å². The first-order valence-corrected chi connectivity index (χ1v) is 11.7. The van der Waals surface area contributed by atoms with Gasteiger partial charge in [-0.1, -0.05) is 13.0 Å².